The van der Waals surface area contributed by atoms with E-state index in [0.717, 1.165) is 12.1 Å². The SMILES string of the molecule is O=C(O)CCCNC(=O)c1cc(F)cc([N+](=O)[O-])c1. The van der Waals surface area contributed by atoms with Gasteiger partial charge in [-0.3, -0.25) is 19.7 Å². The number of carboxylic acid groups (broad SMARTS) is 1. The minimum absolute atomic E-state index is 0.0927. The molecular formula is C11H11FN2O5. The predicted molar refractivity (Wildman–Crippen MR) is 62.3 cm³/mol. The van der Waals surface area contributed by atoms with E-state index in [4.69, 9.17) is 5.11 Å². The van der Waals surface area contributed by atoms with Gasteiger partial charge < -0.3 is 10.4 Å². The van der Waals surface area contributed by atoms with Crippen LogP contribution in [0.15, 0.2) is 18.2 Å². The molecule has 0 radical (unpaired) electrons. The second-order valence-corrected chi connectivity index (χ2v) is 3.71. The maximum Gasteiger partial charge on any atom is 0.303 e. The standard InChI is InChI=1S/C11H11FN2O5/c12-8-4-7(5-9(6-8)14(18)19)11(17)13-3-1-2-10(15)16/h4-6H,1-3H2,(H,13,17)(H,15,16). The molecule has 1 rings (SSSR count). The van der Waals surface area contributed by atoms with Crippen LogP contribution in [0.2, 0.25) is 0 Å². The highest BCUT2D eigenvalue weighted by molar-refractivity contribution is 5.94. The number of nitro groups is 1. The van der Waals surface area contributed by atoms with Gasteiger partial charge in [-0.15, -0.1) is 0 Å². The van der Waals surface area contributed by atoms with E-state index in [-0.39, 0.29) is 24.9 Å². The van der Waals surface area contributed by atoms with Gasteiger partial charge in [0, 0.05) is 24.6 Å². The van der Waals surface area contributed by atoms with Crippen molar-refractivity contribution in [3.05, 3.63) is 39.7 Å². The van der Waals surface area contributed by atoms with Crippen molar-refractivity contribution in [3.63, 3.8) is 0 Å². The molecule has 1 amide bonds. The van der Waals surface area contributed by atoms with Gasteiger partial charge in [0.25, 0.3) is 11.6 Å². The van der Waals surface area contributed by atoms with Gasteiger partial charge >= 0.3 is 5.97 Å². The Labute approximate surface area is 107 Å². The Balaban J connectivity index is 2.66. The monoisotopic (exact) mass is 270 g/mol. The Bertz CT molecular complexity index is 518. The number of non-ortho nitro benzene ring substituents is 1. The van der Waals surface area contributed by atoms with Crippen molar-refractivity contribution in [2.75, 3.05) is 6.54 Å². The molecule has 0 heterocycles. The Kier molecular flexibility index (Phi) is 4.92. The number of nitrogens with one attached hydrogen (secondary N) is 1. The van der Waals surface area contributed by atoms with Crippen LogP contribution >= 0.6 is 0 Å². The lowest BCUT2D eigenvalue weighted by atomic mass is 10.2. The lowest BCUT2D eigenvalue weighted by Crippen LogP contribution is -2.25. The van der Waals surface area contributed by atoms with Crippen LogP contribution in [-0.4, -0.2) is 28.5 Å². The lowest BCUT2D eigenvalue weighted by Gasteiger charge is -2.04. The highest BCUT2D eigenvalue weighted by atomic mass is 19.1. The first-order chi connectivity index (χ1) is 8.90. The molecule has 7 nitrogen and oxygen atoms in total. The smallest absolute Gasteiger partial charge is 0.303 e. The molecule has 0 spiro atoms. The van der Waals surface area contributed by atoms with E-state index in [1.807, 2.05) is 0 Å². The van der Waals surface area contributed by atoms with Crippen LogP contribution < -0.4 is 5.32 Å². The molecule has 102 valence electrons. The third-order valence-corrected chi connectivity index (χ3v) is 2.21. The predicted octanol–water partition coefficient (Wildman–Crippen LogP) is 1.33. The van der Waals surface area contributed by atoms with Gasteiger partial charge in [0.2, 0.25) is 0 Å². The van der Waals surface area contributed by atoms with Crippen LogP contribution in [0.4, 0.5) is 10.1 Å². The zero-order valence-electron chi connectivity index (χ0n) is 9.76. The molecule has 0 saturated carbocycles. The van der Waals surface area contributed by atoms with E-state index in [2.05, 4.69) is 5.32 Å². The molecule has 0 aromatic heterocycles. The normalized spacial score (nSPS) is 9.95. The van der Waals surface area contributed by atoms with E-state index in [1.54, 1.807) is 0 Å². The fourth-order valence-electron chi connectivity index (χ4n) is 1.35. The Hall–Kier alpha value is -2.51. The zero-order chi connectivity index (χ0) is 14.4. The highest BCUT2D eigenvalue weighted by Crippen LogP contribution is 2.16. The molecule has 8 heteroatoms. The highest BCUT2D eigenvalue weighted by Gasteiger charge is 2.14. The molecule has 0 saturated heterocycles. The number of hydrogen-bond donors (Lipinski definition) is 2. The number of nitro benzene ring substituents is 1. The van der Waals surface area contributed by atoms with Gasteiger partial charge in [0.1, 0.15) is 5.82 Å². The molecule has 2 N–H and O–H groups in total. The van der Waals surface area contributed by atoms with E-state index in [0.29, 0.717) is 6.07 Å². The van der Waals surface area contributed by atoms with Crippen LogP contribution in [0.5, 0.6) is 0 Å². The molecule has 1 aromatic rings. The van der Waals surface area contributed by atoms with Gasteiger partial charge in [0.05, 0.1) is 11.0 Å². The van der Waals surface area contributed by atoms with Crippen molar-refractivity contribution in [3.8, 4) is 0 Å². The number of aliphatic carboxylic acids is 1. The first-order valence-electron chi connectivity index (χ1n) is 5.35. The van der Waals surface area contributed by atoms with Crippen molar-refractivity contribution in [2.45, 2.75) is 12.8 Å². The van der Waals surface area contributed by atoms with Gasteiger partial charge in [-0.05, 0) is 12.5 Å². The van der Waals surface area contributed by atoms with Crippen LogP contribution in [0.1, 0.15) is 23.2 Å². The number of hydrogen-bond acceptors (Lipinski definition) is 4. The van der Waals surface area contributed by atoms with Gasteiger partial charge in [-0.2, -0.15) is 0 Å². The summed E-state index contributed by atoms with van der Waals surface area (Å²) in [5.41, 5.74) is -0.697. The summed E-state index contributed by atoms with van der Waals surface area (Å²) in [6, 6.07) is 2.54. The number of carbonyl (C=O) groups is 2. The van der Waals surface area contributed by atoms with E-state index >= 15 is 0 Å². The molecule has 0 aliphatic carbocycles. The fraction of sp³-hybridized carbons (Fsp3) is 0.273. The Morgan fingerprint density at radius 3 is 2.63 bits per heavy atom. The molecule has 0 fully saturated rings. The van der Waals surface area contributed by atoms with Gasteiger partial charge in [0.15, 0.2) is 0 Å². The average Bonchev–Trinajstić information content (AvgIpc) is 2.33. The van der Waals surface area contributed by atoms with Crippen molar-refractivity contribution in [1.82, 2.24) is 5.32 Å². The van der Waals surface area contributed by atoms with Crippen LogP contribution in [0.3, 0.4) is 0 Å². The Morgan fingerprint density at radius 1 is 1.37 bits per heavy atom. The maximum atomic E-state index is 13.1. The molecule has 0 bridgehead atoms. The molecular weight excluding hydrogens is 259 g/mol. The minimum atomic E-state index is -0.990. The third-order valence-electron chi connectivity index (χ3n) is 2.21. The molecule has 0 atom stereocenters. The average molecular weight is 270 g/mol. The van der Waals surface area contributed by atoms with E-state index in [1.165, 1.54) is 0 Å². The Morgan fingerprint density at radius 2 is 2.05 bits per heavy atom. The fourth-order valence-corrected chi connectivity index (χ4v) is 1.35. The van der Waals surface area contributed by atoms with Crippen LogP contribution in [0.25, 0.3) is 0 Å². The van der Waals surface area contributed by atoms with Crippen LogP contribution in [-0.2, 0) is 4.79 Å². The molecule has 0 aliphatic heterocycles. The second kappa shape index (κ2) is 6.43. The van der Waals surface area contributed by atoms with Crippen molar-refractivity contribution in [1.29, 1.82) is 0 Å². The first-order valence-corrected chi connectivity index (χ1v) is 5.35. The zero-order valence-corrected chi connectivity index (χ0v) is 9.76. The summed E-state index contributed by atoms with van der Waals surface area (Å²) in [6.45, 7) is 0.0927. The van der Waals surface area contributed by atoms with Crippen LogP contribution in [0, 0.1) is 15.9 Å². The largest absolute Gasteiger partial charge is 0.481 e. The number of carboxylic acids is 1. The summed E-state index contributed by atoms with van der Waals surface area (Å²) < 4.78 is 13.1. The summed E-state index contributed by atoms with van der Waals surface area (Å²) in [5, 5.41) is 21.3. The van der Waals surface area contributed by atoms with Gasteiger partial charge in [-0.1, -0.05) is 0 Å². The van der Waals surface area contributed by atoms with E-state index < -0.39 is 28.3 Å². The first kappa shape index (κ1) is 14.6. The minimum Gasteiger partial charge on any atom is -0.481 e. The molecule has 1 aromatic carbocycles. The van der Waals surface area contributed by atoms with Crippen molar-refractivity contribution in [2.24, 2.45) is 0 Å². The summed E-state index contributed by atoms with van der Waals surface area (Å²) in [7, 11) is 0. The number of amides is 1. The molecule has 0 unspecified atom stereocenters. The number of carbonyl (C=O) groups excluding carboxylic acids is 1. The molecule has 19 heavy (non-hydrogen) atoms. The third kappa shape index (κ3) is 4.70. The number of nitrogens with zero attached hydrogens (tertiary/aromatic N) is 1. The topological polar surface area (TPSA) is 110 Å². The summed E-state index contributed by atoms with van der Waals surface area (Å²) in [6.07, 6.45) is 0.113. The molecule has 0 aliphatic rings. The number of halogens is 1. The van der Waals surface area contributed by atoms with E-state index in [9.17, 15) is 24.1 Å². The second-order valence-electron chi connectivity index (χ2n) is 3.71. The summed E-state index contributed by atoms with van der Waals surface area (Å²) in [4.78, 5) is 31.5. The summed E-state index contributed by atoms with van der Waals surface area (Å²) in [5.74, 6) is -2.56. The van der Waals surface area contributed by atoms with Gasteiger partial charge in [-0.25, -0.2) is 4.39 Å². The quantitative estimate of drug-likeness (QED) is 0.460. The lowest BCUT2D eigenvalue weighted by molar-refractivity contribution is -0.385. The number of rotatable bonds is 6. The number of benzene rings is 1. The van der Waals surface area contributed by atoms with Crippen molar-refractivity contribution < 1.29 is 24.0 Å². The summed E-state index contributed by atoms with van der Waals surface area (Å²) >= 11 is 0. The van der Waals surface area contributed by atoms with Crippen molar-refractivity contribution >= 4 is 17.6 Å². The maximum absolute atomic E-state index is 13.1.